The minimum Gasteiger partial charge on any atom is -0.305 e. The number of hydrogen-bond donors (Lipinski definition) is 3. The fraction of sp³-hybridized carbons (Fsp3) is 0.875. The largest absolute Gasteiger partial charge is 0.328 e. The van der Waals surface area contributed by atoms with Crippen LogP contribution in [0.4, 0.5) is 9.59 Å². The van der Waals surface area contributed by atoms with E-state index in [4.69, 9.17) is 0 Å². The van der Waals surface area contributed by atoms with Crippen LogP contribution in [0.1, 0.15) is 64.7 Å². The van der Waals surface area contributed by atoms with Gasteiger partial charge in [0.1, 0.15) is 0 Å². The minimum atomic E-state index is -0.449. The van der Waals surface area contributed by atoms with Crippen LogP contribution in [-0.2, 0) is 0 Å². The fourth-order valence-corrected chi connectivity index (χ4v) is 4.12. The van der Waals surface area contributed by atoms with Crippen molar-refractivity contribution in [2.45, 2.75) is 83.1 Å². The zero-order valence-corrected chi connectivity index (χ0v) is 13.4. The third-order valence-corrected chi connectivity index (χ3v) is 5.45. The highest BCUT2D eigenvalue weighted by Gasteiger charge is 2.38. The Balaban J connectivity index is 1.54. The molecule has 124 valence electrons. The second kappa shape index (κ2) is 6.86. The van der Waals surface area contributed by atoms with Crippen LogP contribution < -0.4 is 16.0 Å². The summed E-state index contributed by atoms with van der Waals surface area (Å²) in [5, 5.41) is 9.15. The Morgan fingerprint density at radius 1 is 0.955 bits per heavy atom. The molecule has 22 heavy (non-hydrogen) atoms. The maximum Gasteiger partial charge on any atom is 0.328 e. The number of nitrogens with zero attached hydrogens (tertiary/aromatic N) is 1. The quantitative estimate of drug-likeness (QED) is 0.747. The summed E-state index contributed by atoms with van der Waals surface area (Å²) in [6, 6.07) is -0.159. The number of amides is 4. The summed E-state index contributed by atoms with van der Waals surface area (Å²) in [6.45, 7) is 2.15. The molecule has 0 spiro atoms. The summed E-state index contributed by atoms with van der Waals surface area (Å²) in [4.78, 5) is 25.9. The predicted molar refractivity (Wildman–Crippen MR) is 84.1 cm³/mol. The summed E-state index contributed by atoms with van der Waals surface area (Å²) >= 11 is 0. The molecule has 0 bridgehead atoms. The molecular formula is C16H28N4O2. The number of imide groups is 1. The number of hydrogen-bond acceptors (Lipinski definition) is 3. The molecule has 0 aromatic carbocycles. The second-order valence-electron chi connectivity index (χ2n) is 6.99. The molecule has 6 heteroatoms. The first kappa shape index (κ1) is 15.6. The molecule has 0 aromatic rings. The maximum absolute atomic E-state index is 12.3. The van der Waals surface area contributed by atoms with Gasteiger partial charge in [-0.2, -0.15) is 0 Å². The van der Waals surface area contributed by atoms with E-state index in [1.54, 1.807) is 0 Å². The van der Waals surface area contributed by atoms with Crippen molar-refractivity contribution in [3.8, 4) is 0 Å². The smallest absolute Gasteiger partial charge is 0.305 e. The SMILES string of the molecule is C[C@H](NC1NC(=O)N(C2CCCC2)C(=O)N1)C1CCCCC1. The van der Waals surface area contributed by atoms with Gasteiger partial charge < -0.3 is 10.6 Å². The molecule has 0 aromatic heterocycles. The molecule has 3 fully saturated rings. The zero-order chi connectivity index (χ0) is 15.5. The molecule has 6 nitrogen and oxygen atoms in total. The van der Waals surface area contributed by atoms with E-state index < -0.39 is 6.29 Å². The van der Waals surface area contributed by atoms with E-state index in [-0.39, 0.29) is 18.1 Å². The molecule has 3 N–H and O–H groups in total. The lowest BCUT2D eigenvalue weighted by molar-refractivity contribution is 0.137. The minimum absolute atomic E-state index is 0.0664. The van der Waals surface area contributed by atoms with E-state index in [0.29, 0.717) is 12.0 Å². The Morgan fingerprint density at radius 2 is 1.50 bits per heavy atom. The van der Waals surface area contributed by atoms with E-state index in [0.717, 1.165) is 25.7 Å². The molecule has 0 unspecified atom stereocenters. The van der Waals surface area contributed by atoms with E-state index >= 15 is 0 Å². The van der Waals surface area contributed by atoms with E-state index in [2.05, 4.69) is 22.9 Å². The van der Waals surface area contributed by atoms with Crippen LogP contribution in [-0.4, -0.2) is 35.3 Å². The second-order valence-corrected chi connectivity index (χ2v) is 6.99. The van der Waals surface area contributed by atoms with Crippen molar-refractivity contribution in [1.82, 2.24) is 20.9 Å². The number of carbonyl (C=O) groups is 2. The summed E-state index contributed by atoms with van der Waals surface area (Å²) in [5.41, 5.74) is 0. The summed E-state index contributed by atoms with van der Waals surface area (Å²) in [7, 11) is 0. The Kier molecular flexibility index (Phi) is 4.86. The third kappa shape index (κ3) is 3.37. The van der Waals surface area contributed by atoms with Gasteiger partial charge in [0.25, 0.3) is 0 Å². The third-order valence-electron chi connectivity index (χ3n) is 5.45. The first-order chi connectivity index (χ1) is 10.6. The fourth-order valence-electron chi connectivity index (χ4n) is 4.12. The standard InChI is InChI=1S/C16H28N4O2/c1-11(12-7-3-2-4-8-12)17-14-18-15(21)20(16(22)19-14)13-9-5-6-10-13/h11-14,17H,2-10H2,1H3,(H,18,21)(H,19,22)/t11-/m0/s1. The molecule has 4 amide bonds. The zero-order valence-electron chi connectivity index (χ0n) is 13.4. The monoisotopic (exact) mass is 308 g/mol. The lowest BCUT2D eigenvalue weighted by Crippen LogP contribution is -2.70. The van der Waals surface area contributed by atoms with Crippen molar-refractivity contribution < 1.29 is 9.59 Å². The van der Waals surface area contributed by atoms with Crippen molar-refractivity contribution in [2.75, 3.05) is 0 Å². The van der Waals surface area contributed by atoms with Crippen molar-refractivity contribution in [2.24, 2.45) is 5.92 Å². The summed E-state index contributed by atoms with van der Waals surface area (Å²) < 4.78 is 0. The molecular weight excluding hydrogens is 280 g/mol. The van der Waals surface area contributed by atoms with Gasteiger partial charge in [-0.25, -0.2) is 14.5 Å². The highest BCUT2D eigenvalue weighted by atomic mass is 16.2. The first-order valence-corrected chi connectivity index (χ1v) is 8.81. The Morgan fingerprint density at radius 3 is 2.09 bits per heavy atom. The molecule has 3 rings (SSSR count). The van der Waals surface area contributed by atoms with Gasteiger partial charge in [-0.3, -0.25) is 5.32 Å². The van der Waals surface area contributed by atoms with Gasteiger partial charge in [0.15, 0.2) is 6.29 Å². The molecule has 2 saturated carbocycles. The highest BCUT2D eigenvalue weighted by Crippen LogP contribution is 2.27. The van der Waals surface area contributed by atoms with Crippen molar-refractivity contribution in [1.29, 1.82) is 0 Å². The van der Waals surface area contributed by atoms with Crippen molar-refractivity contribution in [3.05, 3.63) is 0 Å². The lowest BCUT2D eigenvalue weighted by Gasteiger charge is -2.38. The van der Waals surface area contributed by atoms with Gasteiger partial charge in [-0.1, -0.05) is 32.1 Å². The van der Waals surface area contributed by atoms with Crippen LogP contribution in [0.3, 0.4) is 0 Å². The van der Waals surface area contributed by atoms with E-state index in [9.17, 15) is 9.59 Å². The van der Waals surface area contributed by atoms with Gasteiger partial charge in [0, 0.05) is 12.1 Å². The molecule has 1 atom stereocenters. The average molecular weight is 308 g/mol. The predicted octanol–water partition coefficient (Wildman–Crippen LogP) is 2.51. The van der Waals surface area contributed by atoms with Gasteiger partial charge in [-0.15, -0.1) is 0 Å². The van der Waals surface area contributed by atoms with Crippen LogP contribution in [0.15, 0.2) is 0 Å². The normalized spacial score (nSPS) is 26.9. The first-order valence-electron chi connectivity index (χ1n) is 8.81. The molecule has 0 radical (unpaired) electrons. The van der Waals surface area contributed by atoms with Crippen LogP contribution in [0.25, 0.3) is 0 Å². The Bertz CT molecular complexity index is 398. The van der Waals surface area contributed by atoms with Crippen LogP contribution in [0.2, 0.25) is 0 Å². The van der Waals surface area contributed by atoms with E-state index in [1.165, 1.54) is 37.0 Å². The van der Waals surface area contributed by atoms with Crippen LogP contribution in [0.5, 0.6) is 0 Å². The summed E-state index contributed by atoms with van der Waals surface area (Å²) in [6.07, 6.45) is 9.98. The molecule has 1 heterocycles. The van der Waals surface area contributed by atoms with Crippen molar-refractivity contribution in [3.63, 3.8) is 0 Å². The average Bonchev–Trinajstić information content (AvgIpc) is 3.01. The van der Waals surface area contributed by atoms with Gasteiger partial charge >= 0.3 is 12.1 Å². The molecule has 3 aliphatic rings. The van der Waals surface area contributed by atoms with Gasteiger partial charge in [0.2, 0.25) is 0 Å². The molecule has 1 aliphatic heterocycles. The number of carbonyl (C=O) groups excluding carboxylic acids is 2. The van der Waals surface area contributed by atoms with Crippen LogP contribution in [0, 0.1) is 5.92 Å². The Labute approximate surface area is 132 Å². The van der Waals surface area contributed by atoms with E-state index in [1.807, 2.05) is 0 Å². The summed E-state index contributed by atoms with van der Waals surface area (Å²) in [5.74, 6) is 0.635. The maximum atomic E-state index is 12.3. The van der Waals surface area contributed by atoms with Crippen molar-refractivity contribution >= 4 is 12.1 Å². The topological polar surface area (TPSA) is 73.5 Å². The molecule has 2 aliphatic carbocycles. The number of rotatable bonds is 4. The van der Waals surface area contributed by atoms with Crippen LogP contribution >= 0.6 is 0 Å². The number of urea groups is 2. The Hall–Kier alpha value is -1.30. The van der Waals surface area contributed by atoms with Gasteiger partial charge in [0.05, 0.1) is 0 Å². The lowest BCUT2D eigenvalue weighted by atomic mass is 9.84. The molecule has 1 saturated heterocycles. The highest BCUT2D eigenvalue weighted by molar-refractivity contribution is 5.96. The van der Waals surface area contributed by atoms with Gasteiger partial charge in [-0.05, 0) is 38.5 Å². The number of nitrogens with one attached hydrogen (secondary N) is 3.